The zero-order valence-electron chi connectivity index (χ0n) is 16.1. The predicted molar refractivity (Wildman–Crippen MR) is 115 cm³/mol. The third kappa shape index (κ3) is 3.64. The molecule has 4 rings (SSSR count). The first-order chi connectivity index (χ1) is 14.5. The van der Waals surface area contributed by atoms with E-state index in [0.717, 1.165) is 16.0 Å². The number of benzene rings is 2. The number of nitrogens with zero attached hydrogens (tertiary/aromatic N) is 2. The Morgan fingerprint density at radius 1 is 0.933 bits per heavy atom. The van der Waals surface area contributed by atoms with E-state index in [1.807, 2.05) is 42.5 Å². The summed E-state index contributed by atoms with van der Waals surface area (Å²) in [4.78, 5) is 43.8. The molecule has 0 saturated carbocycles. The van der Waals surface area contributed by atoms with Crippen LogP contribution < -0.4 is 5.32 Å². The normalized spacial score (nSPS) is 14.9. The molecule has 30 heavy (non-hydrogen) atoms. The van der Waals surface area contributed by atoms with E-state index < -0.39 is 29.8 Å². The smallest absolute Gasteiger partial charge is 0.262 e. The number of amides is 3. The Morgan fingerprint density at radius 2 is 1.57 bits per heavy atom. The number of aromatic nitrogens is 1. The maximum Gasteiger partial charge on any atom is 0.262 e. The van der Waals surface area contributed by atoms with Gasteiger partial charge in [-0.25, -0.2) is 0 Å². The van der Waals surface area contributed by atoms with Crippen LogP contribution in [-0.4, -0.2) is 33.6 Å². The van der Waals surface area contributed by atoms with Gasteiger partial charge in [0.2, 0.25) is 5.91 Å². The molecule has 0 spiro atoms. The summed E-state index contributed by atoms with van der Waals surface area (Å²) < 4.78 is 0.697. The monoisotopic (exact) mass is 463 g/mol. The van der Waals surface area contributed by atoms with Gasteiger partial charge in [-0.1, -0.05) is 46.3 Å². The number of fused-ring (bicyclic) bond motifs is 1. The summed E-state index contributed by atoms with van der Waals surface area (Å²) in [5.41, 5.74) is 2.33. The van der Waals surface area contributed by atoms with Crippen LogP contribution in [0.3, 0.4) is 0 Å². The summed E-state index contributed by atoms with van der Waals surface area (Å²) in [7, 11) is 0. The number of pyridine rings is 1. The molecular formula is C23H18BrN3O3. The lowest BCUT2D eigenvalue weighted by molar-refractivity contribution is -0.125. The van der Waals surface area contributed by atoms with Crippen LogP contribution >= 0.6 is 15.9 Å². The molecule has 1 aliphatic rings. The van der Waals surface area contributed by atoms with Crippen LogP contribution in [0.15, 0.2) is 77.5 Å². The average molecular weight is 464 g/mol. The van der Waals surface area contributed by atoms with Gasteiger partial charge in [0.05, 0.1) is 17.2 Å². The van der Waals surface area contributed by atoms with Crippen LogP contribution in [0.5, 0.6) is 0 Å². The number of carbonyl (C=O) groups is 3. The number of hydrogen-bond donors (Lipinski definition) is 1. The van der Waals surface area contributed by atoms with E-state index in [4.69, 9.17) is 0 Å². The van der Waals surface area contributed by atoms with Gasteiger partial charge in [0, 0.05) is 16.9 Å². The Balaban J connectivity index is 1.61. The standard InChI is InChI=1S/C23H18BrN3O3/c1-14(27-22(29)18-8-7-17(24)13-19(18)23(27)30)21(28)26-20(15-5-3-2-4-6-15)16-9-11-25-12-10-16/h2-14,20H,1H3,(H,26,28). The Morgan fingerprint density at radius 3 is 2.27 bits per heavy atom. The van der Waals surface area contributed by atoms with Crippen molar-refractivity contribution in [2.75, 3.05) is 0 Å². The van der Waals surface area contributed by atoms with Crippen LogP contribution in [-0.2, 0) is 4.79 Å². The molecule has 0 fully saturated rings. The Kier molecular flexibility index (Phi) is 5.46. The highest BCUT2D eigenvalue weighted by Gasteiger charge is 2.41. The van der Waals surface area contributed by atoms with Crippen LogP contribution in [0.4, 0.5) is 0 Å². The summed E-state index contributed by atoms with van der Waals surface area (Å²) in [6.07, 6.45) is 3.31. The molecule has 1 aliphatic heterocycles. The van der Waals surface area contributed by atoms with Gasteiger partial charge in [-0.15, -0.1) is 0 Å². The molecule has 2 atom stereocenters. The van der Waals surface area contributed by atoms with Crippen molar-refractivity contribution in [2.45, 2.75) is 19.0 Å². The Bertz CT molecular complexity index is 1080. The molecule has 6 nitrogen and oxygen atoms in total. The average Bonchev–Trinajstić information content (AvgIpc) is 3.02. The van der Waals surface area contributed by atoms with Gasteiger partial charge in [-0.2, -0.15) is 0 Å². The number of imide groups is 1. The van der Waals surface area contributed by atoms with Crippen molar-refractivity contribution >= 4 is 33.7 Å². The number of nitrogens with one attached hydrogen (secondary N) is 1. The first-order valence-corrected chi connectivity index (χ1v) is 10.2. The second-order valence-corrected chi connectivity index (χ2v) is 7.89. The van der Waals surface area contributed by atoms with Gasteiger partial charge in [-0.3, -0.25) is 24.3 Å². The molecule has 7 heteroatoms. The van der Waals surface area contributed by atoms with Crippen molar-refractivity contribution in [1.29, 1.82) is 0 Å². The SMILES string of the molecule is CC(C(=O)NC(c1ccccc1)c1ccncc1)N1C(=O)c2ccc(Br)cc2C1=O. The summed E-state index contributed by atoms with van der Waals surface area (Å²) in [5.74, 6) is -1.36. The van der Waals surface area contributed by atoms with E-state index in [1.54, 1.807) is 37.5 Å². The lowest BCUT2D eigenvalue weighted by atomic mass is 9.99. The van der Waals surface area contributed by atoms with Gasteiger partial charge in [0.1, 0.15) is 6.04 Å². The molecule has 3 amide bonds. The van der Waals surface area contributed by atoms with E-state index in [-0.39, 0.29) is 0 Å². The van der Waals surface area contributed by atoms with Gasteiger partial charge in [-0.05, 0) is 48.4 Å². The highest BCUT2D eigenvalue weighted by molar-refractivity contribution is 9.10. The van der Waals surface area contributed by atoms with Crippen molar-refractivity contribution in [3.05, 3.63) is 99.8 Å². The molecule has 0 radical (unpaired) electrons. The quantitative estimate of drug-likeness (QED) is 0.584. The molecule has 1 aromatic heterocycles. The van der Waals surface area contributed by atoms with E-state index in [2.05, 4.69) is 26.2 Å². The van der Waals surface area contributed by atoms with Crippen molar-refractivity contribution in [2.24, 2.45) is 0 Å². The fourth-order valence-corrected chi connectivity index (χ4v) is 3.89. The second kappa shape index (κ2) is 8.20. The van der Waals surface area contributed by atoms with E-state index >= 15 is 0 Å². The van der Waals surface area contributed by atoms with E-state index in [9.17, 15) is 14.4 Å². The number of hydrogen-bond acceptors (Lipinski definition) is 4. The topological polar surface area (TPSA) is 79.4 Å². The van der Waals surface area contributed by atoms with E-state index in [1.165, 1.54) is 0 Å². The highest BCUT2D eigenvalue weighted by atomic mass is 79.9. The maximum absolute atomic E-state index is 13.1. The molecule has 2 heterocycles. The summed E-state index contributed by atoms with van der Waals surface area (Å²) >= 11 is 3.32. The van der Waals surface area contributed by atoms with Crippen LogP contribution in [0.25, 0.3) is 0 Å². The molecule has 0 saturated heterocycles. The molecule has 2 aromatic carbocycles. The van der Waals surface area contributed by atoms with Crippen molar-refractivity contribution in [3.63, 3.8) is 0 Å². The Labute approximate surface area is 182 Å². The first-order valence-electron chi connectivity index (χ1n) is 9.40. The first kappa shape index (κ1) is 20.0. The van der Waals surface area contributed by atoms with Crippen molar-refractivity contribution in [3.8, 4) is 0 Å². The van der Waals surface area contributed by atoms with Crippen LogP contribution in [0.2, 0.25) is 0 Å². The minimum atomic E-state index is -0.968. The molecule has 2 unspecified atom stereocenters. The number of carbonyl (C=O) groups excluding carboxylic acids is 3. The summed E-state index contributed by atoms with van der Waals surface area (Å²) in [6.45, 7) is 1.56. The lowest BCUT2D eigenvalue weighted by Gasteiger charge is -2.26. The number of halogens is 1. The molecule has 1 N–H and O–H groups in total. The third-order valence-corrected chi connectivity index (χ3v) is 5.60. The predicted octanol–water partition coefficient (Wildman–Crippen LogP) is 3.73. The van der Waals surface area contributed by atoms with Crippen LogP contribution in [0.1, 0.15) is 44.8 Å². The van der Waals surface area contributed by atoms with Crippen molar-refractivity contribution < 1.29 is 14.4 Å². The third-order valence-electron chi connectivity index (χ3n) is 5.11. The maximum atomic E-state index is 13.1. The molecular weight excluding hydrogens is 446 g/mol. The highest BCUT2D eigenvalue weighted by Crippen LogP contribution is 2.28. The number of rotatable bonds is 5. The van der Waals surface area contributed by atoms with Gasteiger partial charge in [0.25, 0.3) is 11.8 Å². The Hall–Kier alpha value is -3.32. The fourth-order valence-electron chi connectivity index (χ4n) is 3.52. The van der Waals surface area contributed by atoms with Gasteiger partial charge >= 0.3 is 0 Å². The molecule has 0 aliphatic carbocycles. The minimum absolute atomic E-state index is 0.294. The summed E-state index contributed by atoms with van der Waals surface area (Å²) in [5, 5.41) is 2.98. The zero-order chi connectivity index (χ0) is 21.3. The van der Waals surface area contributed by atoms with E-state index in [0.29, 0.717) is 15.6 Å². The minimum Gasteiger partial charge on any atom is -0.343 e. The van der Waals surface area contributed by atoms with Crippen LogP contribution in [0, 0.1) is 0 Å². The van der Waals surface area contributed by atoms with Gasteiger partial charge < -0.3 is 5.32 Å². The van der Waals surface area contributed by atoms with Crippen molar-refractivity contribution in [1.82, 2.24) is 15.2 Å². The lowest BCUT2D eigenvalue weighted by Crippen LogP contribution is -2.48. The molecule has 150 valence electrons. The zero-order valence-corrected chi connectivity index (χ0v) is 17.7. The fraction of sp³-hybridized carbons (Fsp3) is 0.130. The molecule has 3 aromatic rings. The molecule has 0 bridgehead atoms. The van der Waals surface area contributed by atoms with Gasteiger partial charge in [0.15, 0.2) is 0 Å². The second-order valence-electron chi connectivity index (χ2n) is 6.98. The largest absolute Gasteiger partial charge is 0.343 e. The summed E-state index contributed by atoms with van der Waals surface area (Å²) in [6, 6.07) is 16.6.